The summed E-state index contributed by atoms with van der Waals surface area (Å²) in [6.07, 6.45) is 8.53. The van der Waals surface area contributed by atoms with Crippen LogP contribution in [0.25, 0.3) is 11.1 Å². The van der Waals surface area contributed by atoms with E-state index in [0.29, 0.717) is 18.2 Å². The molecular formula is C20H30Cl2N4O3. The van der Waals surface area contributed by atoms with E-state index in [-0.39, 0.29) is 36.6 Å². The van der Waals surface area contributed by atoms with Gasteiger partial charge in [0.25, 0.3) is 0 Å². The molecule has 0 unspecified atom stereocenters. The lowest BCUT2D eigenvalue weighted by Gasteiger charge is -2.21. The van der Waals surface area contributed by atoms with Gasteiger partial charge in [-0.15, -0.1) is 24.8 Å². The minimum atomic E-state index is -0.488. The second-order valence-corrected chi connectivity index (χ2v) is 7.20. The van der Waals surface area contributed by atoms with Crippen LogP contribution in [-0.2, 0) is 16.1 Å². The molecule has 1 fully saturated rings. The molecule has 1 aliphatic rings. The lowest BCUT2D eigenvalue weighted by Crippen LogP contribution is -2.42. The third kappa shape index (κ3) is 6.40. The maximum absolute atomic E-state index is 12.5. The van der Waals surface area contributed by atoms with Crippen LogP contribution in [0.5, 0.6) is 0 Å². The lowest BCUT2D eigenvalue weighted by molar-refractivity contribution is -0.118. The molecule has 1 amide bonds. The largest absolute Gasteiger partial charge is 0.377 e. The molecule has 1 atom stereocenters. The van der Waals surface area contributed by atoms with Gasteiger partial charge in [-0.05, 0) is 37.8 Å². The predicted octanol–water partition coefficient (Wildman–Crippen LogP) is 4.27. The molecular weight excluding hydrogens is 415 g/mol. The zero-order valence-corrected chi connectivity index (χ0v) is 18.5. The fourth-order valence-corrected chi connectivity index (χ4v) is 3.73. The summed E-state index contributed by atoms with van der Waals surface area (Å²) in [5.74, 6) is 1.24. The first-order valence-electron chi connectivity index (χ1n) is 9.57. The summed E-state index contributed by atoms with van der Waals surface area (Å²) in [6, 6.07) is 3.17. The van der Waals surface area contributed by atoms with Crippen molar-refractivity contribution in [1.29, 1.82) is 0 Å². The number of halogens is 2. The molecule has 3 N–H and O–H groups in total. The Morgan fingerprint density at radius 3 is 2.55 bits per heavy atom. The summed E-state index contributed by atoms with van der Waals surface area (Å²) in [6.45, 7) is 2.21. The van der Waals surface area contributed by atoms with Crippen molar-refractivity contribution in [3.05, 3.63) is 29.8 Å². The Morgan fingerprint density at radius 2 is 1.97 bits per heavy atom. The van der Waals surface area contributed by atoms with Crippen LogP contribution in [0.15, 0.2) is 22.9 Å². The zero-order chi connectivity index (χ0) is 19.2. The maximum Gasteiger partial charge on any atom is 0.242 e. The van der Waals surface area contributed by atoms with Crippen molar-refractivity contribution in [2.45, 2.75) is 58.1 Å². The van der Waals surface area contributed by atoms with E-state index in [9.17, 15) is 4.79 Å². The number of pyridine rings is 1. The molecule has 0 spiro atoms. The number of carbonyl (C=O) groups excluding carboxylic acids is 1. The van der Waals surface area contributed by atoms with Gasteiger partial charge in [-0.25, -0.2) is 4.98 Å². The summed E-state index contributed by atoms with van der Waals surface area (Å²) >= 11 is 0. The van der Waals surface area contributed by atoms with Crippen LogP contribution >= 0.6 is 24.8 Å². The van der Waals surface area contributed by atoms with Gasteiger partial charge >= 0.3 is 0 Å². The zero-order valence-electron chi connectivity index (χ0n) is 16.8. The molecule has 0 aromatic carbocycles. The van der Waals surface area contributed by atoms with Gasteiger partial charge in [-0.3, -0.25) is 4.79 Å². The van der Waals surface area contributed by atoms with Crippen LogP contribution in [-0.4, -0.2) is 29.2 Å². The molecule has 7 nitrogen and oxygen atoms in total. The highest BCUT2D eigenvalue weighted by Crippen LogP contribution is 2.28. The van der Waals surface area contributed by atoms with E-state index in [2.05, 4.69) is 15.5 Å². The number of hydrogen-bond acceptors (Lipinski definition) is 6. The van der Waals surface area contributed by atoms with E-state index in [1.165, 1.54) is 12.8 Å². The van der Waals surface area contributed by atoms with Gasteiger partial charge in [0.1, 0.15) is 12.4 Å². The van der Waals surface area contributed by atoms with Crippen molar-refractivity contribution in [1.82, 2.24) is 10.1 Å². The van der Waals surface area contributed by atoms with Crippen LogP contribution in [0.4, 0.5) is 5.82 Å². The average molecular weight is 445 g/mol. The molecule has 0 saturated heterocycles. The first kappa shape index (κ1) is 25.4. The van der Waals surface area contributed by atoms with Gasteiger partial charge in [0, 0.05) is 18.9 Å². The Labute approximate surface area is 184 Å². The van der Waals surface area contributed by atoms with Crippen LogP contribution in [0.2, 0.25) is 0 Å². The molecule has 1 aliphatic carbocycles. The van der Waals surface area contributed by atoms with Gasteiger partial charge in [-0.1, -0.05) is 30.8 Å². The summed E-state index contributed by atoms with van der Waals surface area (Å²) in [5, 5.41) is 6.84. The molecule has 2 aromatic rings. The minimum Gasteiger partial charge on any atom is -0.377 e. The highest BCUT2D eigenvalue weighted by atomic mass is 35.5. The number of nitrogens with zero attached hydrogens (tertiary/aromatic N) is 2. The number of aryl methyl sites for hydroxylation is 1. The standard InChI is InChI=1S/C20H28N4O3.2ClH/c1-13-18(16(12-26-2)27-24-13)15-9-10-17(22-11-15)23-20(25)19(21)14-7-5-3-4-6-8-14;;/h9-11,14,19H,3-8,12,21H2,1-2H3,(H,22,23,25);2*1H/t19-;;/m0../s1. The topological polar surface area (TPSA) is 103 Å². The lowest BCUT2D eigenvalue weighted by atomic mass is 9.92. The minimum absolute atomic E-state index is 0. The van der Waals surface area contributed by atoms with E-state index in [0.717, 1.165) is 42.5 Å². The Balaban J connectivity index is 0.00000210. The van der Waals surface area contributed by atoms with Crippen LogP contribution in [0, 0.1) is 12.8 Å². The van der Waals surface area contributed by atoms with Crippen LogP contribution < -0.4 is 11.1 Å². The Morgan fingerprint density at radius 1 is 1.28 bits per heavy atom. The molecule has 9 heteroatoms. The molecule has 0 bridgehead atoms. The number of methoxy groups -OCH3 is 1. The number of ether oxygens (including phenoxy) is 1. The SMILES string of the molecule is COCc1onc(C)c1-c1ccc(NC(=O)[C@@H](N)C2CCCCCC2)nc1.Cl.Cl. The molecule has 0 aliphatic heterocycles. The van der Waals surface area contributed by atoms with Gasteiger partial charge in [0.15, 0.2) is 5.76 Å². The molecule has 0 radical (unpaired) electrons. The van der Waals surface area contributed by atoms with E-state index in [4.69, 9.17) is 15.0 Å². The molecule has 2 aromatic heterocycles. The Kier molecular flexibility index (Phi) is 10.6. The molecule has 2 heterocycles. The normalized spacial score (nSPS) is 15.6. The third-order valence-corrected chi connectivity index (χ3v) is 5.22. The first-order chi connectivity index (χ1) is 13.1. The second kappa shape index (κ2) is 12.1. The van der Waals surface area contributed by atoms with Gasteiger partial charge in [0.2, 0.25) is 5.91 Å². The second-order valence-electron chi connectivity index (χ2n) is 7.20. The number of nitrogens with two attached hydrogens (primary N) is 1. The number of aromatic nitrogens is 2. The van der Waals surface area contributed by atoms with Crippen molar-refractivity contribution in [3.8, 4) is 11.1 Å². The number of carbonyl (C=O) groups is 1. The third-order valence-electron chi connectivity index (χ3n) is 5.22. The summed E-state index contributed by atoms with van der Waals surface area (Å²) in [4.78, 5) is 16.9. The van der Waals surface area contributed by atoms with Crippen molar-refractivity contribution in [2.24, 2.45) is 11.7 Å². The Hall–Kier alpha value is -1.67. The van der Waals surface area contributed by atoms with E-state index in [1.54, 1.807) is 19.4 Å². The molecule has 3 rings (SSSR count). The number of anilines is 1. The Bertz CT molecular complexity index is 760. The van der Waals surface area contributed by atoms with Crippen LogP contribution in [0.1, 0.15) is 50.0 Å². The highest BCUT2D eigenvalue weighted by molar-refractivity contribution is 5.94. The number of amides is 1. The van der Waals surface area contributed by atoms with Crippen molar-refractivity contribution < 1.29 is 14.1 Å². The number of hydrogen-bond donors (Lipinski definition) is 2. The van der Waals surface area contributed by atoms with E-state index in [1.807, 2.05) is 13.0 Å². The summed E-state index contributed by atoms with van der Waals surface area (Å²) in [7, 11) is 1.61. The van der Waals surface area contributed by atoms with Crippen molar-refractivity contribution in [2.75, 3.05) is 12.4 Å². The fourth-order valence-electron chi connectivity index (χ4n) is 3.73. The first-order valence-corrected chi connectivity index (χ1v) is 9.57. The molecule has 1 saturated carbocycles. The van der Waals surface area contributed by atoms with Gasteiger partial charge in [-0.2, -0.15) is 0 Å². The maximum atomic E-state index is 12.5. The van der Waals surface area contributed by atoms with Crippen molar-refractivity contribution in [3.63, 3.8) is 0 Å². The van der Waals surface area contributed by atoms with Gasteiger partial charge in [0.05, 0.1) is 17.3 Å². The van der Waals surface area contributed by atoms with Gasteiger partial charge < -0.3 is 20.3 Å². The number of nitrogens with one attached hydrogen (secondary N) is 1. The monoisotopic (exact) mass is 444 g/mol. The van der Waals surface area contributed by atoms with E-state index < -0.39 is 6.04 Å². The summed E-state index contributed by atoms with van der Waals surface area (Å²) in [5.41, 5.74) is 8.73. The molecule has 162 valence electrons. The fraction of sp³-hybridized carbons (Fsp3) is 0.550. The summed E-state index contributed by atoms with van der Waals surface area (Å²) < 4.78 is 10.5. The van der Waals surface area contributed by atoms with E-state index >= 15 is 0 Å². The highest BCUT2D eigenvalue weighted by Gasteiger charge is 2.25. The molecule has 29 heavy (non-hydrogen) atoms. The van der Waals surface area contributed by atoms with Crippen molar-refractivity contribution >= 4 is 36.5 Å². The van der Waals surface area contributed by atoms with Crippen LogP contribution in [0.3, 0.4) is 0 Å². The number of rotatable bonds is 6. The average Bonchev–Trinajstić information content (AvgIpc) is 2.87. The predicted molar refractivity (Wildman–Crippen MR) is 117 cm³/mol. The quantitative estimate of drug-likeness (QED) is 0.644. The smallest absolute Gasteiger partial charge is 0.242 e.